The van der Waals surface area contributed by atoms with E-state index in [4.69, 9.17) is 21.8 Å². The second-order valence-electron chi connectivity index (χ2n) is 3.29. The van der Waals surface area contributed by atoms with Crippen molar-refractivity contribution in [3.8, 4) is 0 Å². The molecule has 2 aromatic rings. The van der Waals surface area contributed by atoms with E-state index in [-0.39, 0.29) is 13.2 Å². The van der Waals surface area contributed by atoms with Gasteiger partial charge in [-0.3, -0.25) is 4.40 Å². The lowest BCUT2D eigenvalue weighted by Gasteiger charge is -2.23. The third-order valence-corrected chi connectivity index (χ3v) is 2.59. The summed E-state index contributed by atoms with van der Waals surface area (Å²) in [5.74, 6) is 0.659. The molecule has 0 bridgehead atoms. The minimum absolute atomic E-state index is 0.0127. The molecule has 0 fully saturated rings. The van der Waals surface area contributed by atoms with Gasteiger partial charge in [-0.2, -0.15) is 0 Å². The van der Waals surface area contributed by atoms with Gasteiger partial charge >= 0.3 is 0 Å². The Kier molecular flexibility index (Phi) is 3.33. The minimum Gasteiger partial charge on any atom is -0.394 e. The van der Waals surface area contributed by atoms with Gasteiger partial charge in [-0.05, 0) is 0 Å². The molecule has 88 valence electrons. The van der Waals surface area contributed by atoms with Gasteiger partial charge in [-0.25, -0.2) is 9.66 Å². The van der Waals surface area contributed by atoms with Crippen LogP contribution in [0.25, 0.3) is 5.78 Å². The summed E-state index contributed by atoms with van der Waals surface area (Å²) >= 11 is 5.91. The summed E-state index contributed by atoms with van der Waals surface area (Å²) in [4.78, 5) is 4.15. The van der Waals surface area contributed by atoms with Crippen molar-refractivity contribution in [2.75, 3.05) is 31.3 Å². The second kappa shape index (κ2) is 4.73. The zero-order valence-electron chi connectivity index (χ0n) is 8.62. The van der Waals surface area contributed by atoms with Crippen LogP contribution in [0, 0.1) is 0 Å². The molecule has 2 N–H and O–H groups in total. The first-order valence-electron chi connectivity index (χ1n) is 4.94. The summed E-state index contributed by atoms with van der Waals surface area (Å²) in [6.45, 7) is 0.877. The highest BCUT2D eigenvalue weighted by molar-refractivity contribution is 6.29. The van der Waals surface area contributed by atoms with Crippen LogP contribution in [-0.2, 0) is 0 Å². The monoisotopic (exact) mass is 244 g/mol. The van der Waals surface area contributed by atoms with Crippen LogP contribution in [0.3, 0.4) is 0 Å². The van der Waals surface area contributed by atoms with Crippen molar-refractivity contribution in [3.63, 3.8) is 0 Å². The van der Waals surface area contributed by atoms with Crippen molar-refractivity contribution in [3.05, 3.63) is 23.7 Å². The summed E-state index contributed by atoms with van der Waals surface area (Å²) in [5, 5.41) is 20.2. The Labute approximate surface area is 97.3 Å². The molecule has 2 aromatic heterocycles. The number of imidazole rings is 2. The van der Waals surface area contributed by atoms with Crippen molar-refractivity contribution in [2.24, 2.45) is 0 Å². The molecule has 0 aromatic carbocycles. The molecule has 0 spiro atoms. The highest BCUT2D eigenvalue weighted by atomic mass is 35.5. The number of fused-ring (bicyclic) bond motifs is 1. The summed E-state index contributed by atoms with van der Waals surface area (Å²) in [7, 11) is 0. The fourth-order valence-corrected chi connectivity index (χ4v) is 1.79. The molecule has 16 heavy (non-hydrogen) atoms. The van der Waals surface area contributed by atoms with E-state index in [1.54, 1.807) is 32.7 Å². The average Bonchev–Trinajstić information content (AvgIpc) is 2.82. The summed E-state index contributed by atoms with van der Waals surface area (Å²) in [5.41, 5.74) is 0. The third kappa shape index (κ3) is 1.87. The lowest BCUT2D eigenvalue weighted by molar-refractivity contribution is 0.266. The Morgan fingerprint density at radius 2 is 1.94 bits per heavy atom. The number of hydrogen-bond acceptors (Lipinski definition) is 4. The maximum absolute atomic E-state index is 8.95. The molecule has 0 aliphatic heterocycles. The first kappa shape index (κ1) is 11.3. The lowest BCUT2D eigenvalue weighted by atomic mass is 10.6. The number of aliphatic hydroxyl groups excluding tert-OH is 2. The molecule has 0 aliphatic carbocycles. The molecule has 0 aliphatic rings. The van der Waals surface area contributed by atoms with Crippen molar-refractivity contribution < 1.29 is 10.2 Å². The van der Waals surface area contributed by atoms with Crippen molar-refractivity contribution >= 4 is 17.4 Å². The van der Waals surface area contributed by atoms with Crippen LogP contribution in [0.4, 0.5) is 0 Å². The van der Waals surface area contributed by atoms with Gasteiger partial charge < -0.3 is 15.2 Å². The van der Waals surface area contributed by atoms with E-state index in [2.05, 4.69) is 4.98 Å². The molecule has 0 saturated heterocycles. The summed E-state index contributed by atoms with van der Waals surface area (Å²) < 4.78 is 3.49. The number of rotatable bonds is 5. The normalized spacial score (nSPS) is 11.2. The Bertz CT molecular complexity index is 461. The molecule has 0 unspecified atom stereocenters. The fraction of sp³-hybridized carbons (Fsp3) is 0.444. The first-order chi connectivity index (χ1) is 7.77. The van der Waals surface area contributed by atoms with Gasteiger partial charge in [0.05, 0.1) is 32.5 Å². The standard InChI is InChI=1S/C9H13ClN4O2/c10-8-7-11-9-13(8)1-2-14(9)12(3-5-15)4-6-16/h1-2,7,15-16H,3-6H2. The van der Waals surface area contributed by atoms with Crippen LogP contribution in [0.15, 0.2) is 18.6 Å². The minimum atomic E-state index is 0.0127. The van der Waals surface area contributed by atoms with Crippen LogP contribution in [0.2, 0.25) is 5.15 Å². The van der Waals surface area contributed by atoms with Gasteiger partial charge in [0.1, 0.15) is 5.15 Å². The molecule has 0 saturated carbocycles. The Hall–Kier alpha value is -1.24. The van der Waals surface area contributed by atoms with E-state index in [0.717, 1.165) is 0 Å². The highest BCUT2D eigenvalue weighted by Crippen LogP contribution is 2.12. The molecule has 0 atom stereocenters. The molecular weight excluding hydrogens is 232 g/mol. The maximum atomic E-state index is 8.95. The number of hydrogen-bond donors (Lipinski definition) is 2. The van der Waals surface area contributed by atoms with Gasteiger partial charge in [0.2, 0.25) is 5.78 Å². The molecule has 7 heteroatoms. The molecule has 0 radical (unpaired) electrons. The van der Waals surface area contributed by atoms with Crippen molar-refractivity contribution in [1.29, 1.82) is 0 Å². The van der Waals surface area contributed by atoms with E-state index in [1.807, 2.05) is 0 Å². The van der Waals surface area contributed by atoms with E-state index >= 15 is 0 Å². The molecule has 2 heterocycles. The van der Waals surface area contributed by atoms with Crippen LogP contribution in [0.5, 0.6) is 0 Å². The SMILES string of the molecule is OCCN(CCO)n1ccn2c(Cl)cnc12. The second-order valence-corrected chi connectivity index (χ2v) is 3.68. The van der Waals surface area contributed by atoms with Gasteiger partial charge in [0.15, 0.2) is 0 Å². The van der Waals surface area contributed by atoms with E-state index in [9.17, 15) is 0 Å². The summed E-state index contributed by atoms with van der Waals surface area (Å²) in [6, 6.07) is 0. The average molecular weight is 245 g/mol. The van der Waals surface area contributed by atoms with Crippen LogP contribution in [0.1, 0.15) is 0 Å². The van der Waals surface area contributed by atoms with Gasteiger partial charge in [0, 0.05) is 12.4 Å². The van der Waals surface area contributed by atoms with Crippen molar-refractivity contribution in [1.82, 2.24) is 14.1 Å². The number of nitrogens with zero attached hydrogens (tertiary/aromatic N) is 4. The predicted octanol–water partition coefficient (Wildman–Crippen LogP) is -0.288. The topological polar surface area (TPSA) is 65.9 Å². The quantitative estimate of drug-likeness (QED) is 0.759. The van der Waals surface area contributed by atoms with Crippen LogP contribution < -0.4 is 5.01 Å². The fourth-order valence-electron chi connectivity index (χ4n) is 1.61. The van der Waals surface area contributed by atoms with Gasteiger partial charge in [-0.15, -0.1) is 0 Å². The molecule has 0 amide bonds. The largest absolute Gasteiger partial charge is 0.394 e. The highest BCUT2D eigenvalue weighted by Gasteiger charge is 2.11. The molecule has 2 rings (SSSR count). The smallest absolute Gasteiger partial charge is 0.234 e. The van der Waals surface area contributed by atoms with Gasteiger partial charge in [0.25, 0.3) is 0 Å². The Balaban J connectivity index is 2.35. The number of halogens is 1. The zero-order chi connectivity index (χ0) is 11.5. The molecule has 6 nitrogen and oxygen atoms in total. The van der Waals surface area contributed by atoms with E-state index in [1.165, 1.54) is 0 Å². The predicted molar refractivity (Wildman–Crippen MR) is 60.3 cm³/mol. The molecular formula is C9H13ClN4O2. The summed E-state index contributed by atoms with van der Waals surface area (Å²) in [6.07, 6.45) is 5.13. The van der Waals surface area contributed by atoms with Crippen LogP contribution in [-0.4, -0.2) is 50.6 Å². The number of aromatic nitrogens is 3. The zero-order valence-corrected chi connectivity index (χ0v) is 9.38. The van der Waals surface area contributed by atoms with Crippen molar-refractivity contribution in [2.45, 2.75) is 0 Å². The van der Waals surface area contributed by atoms with E-state index in [0.29, 0.717) is 24.0 Å². The Morgan fingerprint density at radius 3 is 2.56 bits per heavy atom. The van der Waals surface area contributed by atoms with Crippen LogP contribution >= 0.6 is 11.6 Å². The lowest BCUT2D eigenvalue weighted by Crippen LogP contribution is -2.39. The van der Waals surface area contributed by atoms with E-state index < -0.39 is 0 Å². The maximum Gasteiger partial charge on any atom is 0.234 e. The third-order valence-electron chi connectivity index (χ3n) is 2.31. The van der Waals surface area contributed by atoms with Gasteiger partial charge in [-0.1, -0.05) is 11.6 Å². The first-order valence-corrected chi connectivity index (χ1v) is 5.32. The Morgan fingerprint density at radius 1 is 1.25 bits per heavy atom. The number of aliphatic hydroxyl groups is 2.